The molecular formula is C27H24ClN3O4. The fourth-order valence-electron chi connectivity index (χ4n) is 3.64. The Balaban J connectivity index is 1.54. The smallest absolute Gasteiger partial charge is 0.283 e. The van der Waals surface area contributed by atoms with E-state index in [0.29, 0.717) is 35.0 Å². The van der Waals surface area contributed by atoms with Gasteiger partial charge >= 0.3 is 0 Å². The van der Waals surface area contributed by atoms with Crippen molar-refractivity contribution in [1.82, 2.24) is 0 Å². The first-order valence-corrected chi connectivity index (χ1v) is 11.4. The van der Waals surface area contributed by atoms with Gasteiger partial charge in [-0.25, -0.2) is 4.90 Å². The van der Waals surface area contributed by atoms with E-state index in [1.165, 1.54) is 0 Å². The van der Waals surface area contributed by atoms with E-state index in [1.54, 1.807) is 54.6 Å². The van der Waals surface area contributed by atoms with Crippen LogP contribution in [0.15, 0.2) is 77.5 Å². The second-order valence-corrected chi connectivity index (χ2v) is 8.37. The highest BCUT2D eigenvalue weighted by molar-refractivity contribution is 6.53. The number of ether oxygens (including phenoxy) is 1. The first-order valence-electron chi connectivity index (χ1n) is 11.1. The van der Waals surface area contributed by atoms with E-state index < -0.39 is 11.8 Å². The number of amides is 3. The van der Waals surface area contributed by atoms with Crippen LogP contribution in [0.3, 0.4) is 0 Å². The third kappa shape index (κ3) is 4.90. The molecule has 4 rings (SSSR count). The molecule has 1 aliphatic heterocycles. The molecule has 2 N–H and O–H groups in total. The van der Waals surface area contributed by atoms with Crippen molar-refractivity contribution in [3.8, 4) is 5.75 Å². The molecule has 0 atom stereocenters. The largest absolute Gasteiger partial charge is 0.492 e. The monoisotopic (exact) mass is 489 g/mol. The van der Waals surface area contributed by atoms with E-state index >= 15 is 0 Å². The molecule has 7 nitrogen and oxygen atoms in total. The van der Waals surface area contributed by atoms with Crippen LogP contribution in [0.25, 0.3) is 0 Å². The van der Waals surface area contributed by atoms with Gasteiger partial charge in [0.1, 0.15) is 16.5 Å². The summed E-state index contributed by atoms with van der Waals surface area (Å²) in [6, 6.07) is 19.0. The van der Waals surface area contributed by atoms with Crippen LogP contribution in [0.5, 0.6) is 5.75 Å². The van der Waals surface area contributed by atoms with Crippen molar-refractivity contribution in [2.75, 3.05) is 22.1 Å². The molecule has 0 spiro atoms. The topological polar surface area (TPSA) is 87.7 Å². The molecule has 3 aromatic carbocycles. The van der Waals surface area contributed by atoms with Crippen LogP contribution in [0, 0.1) is 13.8 Å². The number of rotatable bonds is 7. The average Bonchev–Trinajstić information content (AvgIpc) is 3.05. The van der Waals surface area contributed by atoms with E-state index in [1.807, 2.05) is 32.9 Å². The Kier molecular flexibility index (Phi) is 6.89. The van der Waals surface area contributed by atoms with Gasteiger partial charge in [0.05, 0.1) is 18.0 Å². The molecule has 0 saturated carbocycles. The van der Waals surface area contributed by atoms with Gasteiger partial charge in [-0.05, 0) is 74.4 Å². The molecule has 8 heteroatoms. The van der Waals surface area contributed by atoms with E-state index in [-0.39, 0.29) is 16.6 Å². The number of aryl methyl sites for hydroxylation is 2. The van der Waals surface area contributed by atoms with Crippen molar-refractivity contribution < 1.29 is 19.1 Å². The number of anilines is 3. The number of carbonyl (C=O) groups is 3. The first kappa shape index (κ1) is 24.0. The van der Waals surface area contributed by atoms with E-state index in [0.717, 1.165) is 16.0 Å². The van der Waals surface area contributed by atoms with Crippen molar-refractivity contribution in [2.45, 2.75) is 20.8 Å². The lowest BCUT2D eigenvalue weighted by molar-refractivity contribution is -0.120. The van der Waals surface area contributed by atoms with Gasteiger partial charge < -0.3 is 15.4 Å². The van der Waals surface area contributed by atoms with Crippen LogP contribution in [0.2, 0.25) is 0 Å². The Labute approximate surface area is 208 Å². The number of benzene rings is 3. The maximum Gasteiger partial charge on any atom is 0.283 e. The number of carbonyl (C=O) groups excluding carboxylic acids is 3. The van der Waals surface area contributed by atoms with Crippen LogP contribution in [0.4, 0.5) is 17.1 Å². The third-order valence-electron chi connectivity index (χ3n) is 5.61. The summed E-state index contributed by atoms with van der Waals surface area (Å²) in [7, 11) is 0. The number of para-hydroxylation sites is 2. The molecule has 0 unspecified atom stereocenters. The Hall–Kier alpha value is -4.10. The summed E-state index contributed by atoms with van der Waals surface area (Å²) >= 11 is 6.26. The normalized spacial score (nSPS) is 13.3. The van der Waals surface area contributed by atoms with E-state index in [2.05, 4.69) is 10.6 Å². The van der Waals surface area contributed by atoms with Crippen LogP contribution in [-0.4, -0.2) is 24.3 Å². The number of hydrogen-bond acceptors (Lipinski definition) is 5. The molecule has 0 bridgehead atoms. The Morgan fingerprint density at radius 1 is 0.943 bits per heavy atom. The molecule has 35 heavy (non-hydrogen) atoms. The fourth-order valence-corrected chi connectivity index (χ4v) is 3.85. The predicted molar refractivity (Wildman–Crippen MR) is 137 cm³/mol. The minimum Gasteiger partial charge on any atom is -0.492 e. The summed E-state index contributed by atoms with van der Waals surface area (Å²) in [5.41, 5.74) is 3.72. The van der Waals surface area contributed by atoms with Crippen molar-refractivity contribution in [2.24, 2.45) is 0 Å². The minimum atomic E-state index is -0.608. The molecule has 0 aliphatic carbocycles. The van der Waals surface area contributed by atoms with Gasteiger partial charge in [0.25, 0.3) is 17.7 Å². The summed E-state index contributed by atoms with van der Waals surface area (Å²) in [5, 5.41) is 5.54. The molecule has 0 saturated heterocycles. The standard InChI is InChI=1S/C27H24ClN3O4/c1-4-35-22-11-6-5-10-21(22)30-25(32)18-8-7-9-19(15-18)29-24-23(28)26(33)31(27(24)34)20-13-12-16(2)17(3)14-20/h5-15,29H,4H2,1-3H3,(H,30,32). The summed E-state index contributed by atoms with van der Waals surface area (Å²) in [4.78, 5) is 39.8. The summed E-state index contributed by atoms with van der Waals surface area (Å²) in [5.74, 6) is -0.963. The molecule has 1 aliphatic rings. The maximum atomic E-state index is 13.1. The molecule has 0 aromatic heterocycles. The first-order chi connectivity index (χ1) is 16.8. The minimum absolute atomic E-state index is 0.0471. The molecular weight excluding hydrogens is 466 g/mol. The zero-order valence-corrected chi connectivity index (χ0v) is 20.3. The van der Waals surface area contributed by atoms with E-state index in [9.17, 15) is 14.4 Å². The van der Waals surface area contributed by atoms with Gasteiger partial charge in [0, 0.05) is 11.3 Å². The van der Waals surface area contributed by atoms with Gasteiger partial charge in [0.2, 0.25) is 0 Å². The quantitative estimate of drug-likeness (QED) is 0.434. The summed E-state index contributed by atoms with van der Waals surface area (Å²) in [6.07, 6.45) is 0. The average molecular weight is 490 g/mol. The van der Waals surface area contributed by atoms with Gasteiger partial charge in [0.15, 0.2) is 0 Å². The Morgan fingerprint density at radius 2 is 1.71 bits per heavy atom. The third-order valence-corrected chi connectivity index (χ3v) is 5.96. The SMILES string of the molecule is CCOc1ccccc1NC(=O)c1cccc(NC2=C(Cl)C(=O)N(c3ccc(C)c(C)c3)C2=O)c1. The molecule has 0 fully saturated rings. The second kappa shape index (κ2) is 10.0. The highest BCUT2D eigenvalue weighted by Gasteiger charge is 2.39. The van der Waals surface area contributed by atoms with Crippen LogP contribution in [-0.2, 0) is 9.59 Å². The Bertz CT molecular complexity index is 1370. The number of halogens is 1. The maximum absolute atomic E-state index is 13.1. The van der Waals surface area contributed by atoms with Gasteiger partial charge in [-0.1, -0.05) is 35.9 Å². The van der Waals surface area contributed by atoms with Gasteiger partial charge in [-0.15, -0.1) is 0 Å². The zero-order valence-electron chi connectivity index (χ0n) is 19.5. The van der Waals surface area contributed by atoms with E-state index in [4.69, 9.17) is 16.3 Å². The molecule has 0 radical (unpaired) electrons. The van der Waals surface area contributed by atoms with Gasteiger partial charge in [-0.3, -0.25) is 14.4 Å². The number of nitrogens with zero attached hydrogens (tertiary/aromatic N) is 1. The number of hydrogen-bond donors (Lipinski definition) is 2. The van der Waals surface area contributed by atoms with Gasteiger partial charge in [-0.2, -0.15) is 0 Å². The van der Waals surface area contributed by atoms with Crippen molar-refractivity contribution >= 4 is 46.4 Å². The van der Waals surface area contributed by atoms with Crippen LogP contribution >= 0.6 is 11.6 Å². The number of imide groups is 1. The predicted octanol–water partition coefficient (Wildman–Crippen LogP) is 5.39. The summed E-state index contributed by atoms with van der Waals surface area (Å²) < 4.78 is 5.56. The molecule has 178 valence electrons. The number of nitrogens with one attached hydrogen (secondary N) is 2. The highest BCUT2D eigenvalue weighted by Crippen LogP contribution is 2.31. The van der Waals surface area contributed by atoms with Crippen molar-refractivity contribution in [3.05, 3.63) is 94.1 Å². The lowest BCUT2D eigenvalue weighted by Gasteiger charge is -2.16. The van der Waals surface area contributed by atoms with Crippen molar-refractivity contribution in [1.29, 1.82) is 0 Å². The summed E-state index contributed by atoms with van der Waals surface area (Å²) in [6.45, 7) is 6.18. The van der Waals surface area contributed by atoms with Crippen LogP contribution in [0.1, 0.15) is 28.4 Å². The lowest BCUT2D eigenvalue weighted by Crippen LogP contribution is -2.32. The molecule has 3 aromatic rings. The lowest BCUT2D eigenvalue weighted by atomic mass is 10.1. The fraction of sp³-hybridized carbons (Fsp3) is 0.148. The Morgan fingerprint density at radius 3 is 2.46 bits per heavy atom. The highest BCUT2D eigenvalue weighted by atomic mass is 35.5. The van der Waals surface area contributed by atoms with Crippen molar-refractivity contribution in [3.63, 3.8) is 0 Å². The second-order valence-electron chi connectivity index (χ2n) is 7.99. The van der Waals surface area contributed by atoms with Crippen LogP contribution < -0.4 is 20.3 Å². The zero-order chi connectivity index (χ0) is 25.1. The molecule has 3 amide bonds. The molecule has 1 heterocycles.